The van der Waals surface area contributed by atoms with Crippen molar-refractivity contribution < 1.29 is 9.84 Å². The lowest BCUT2D eigenvalue weighted by Gasteiger charge is -2.02. The monoisotopic (exact) mass is 365 g/mol. The largest absolute Gasteiger partial charge is 0.479 e. The van der Waals surface area contributed by atoms with Gasteiger partial charge in [-0.2, -0.15) is 0 Å². The van der Waals surface area contributed by atoms with Crippen molar-refractivity contribution in [2.75, 3.05) is 13.2 Å². The van der Waals surface area contributed by atoms with Gasteiger partial charge >= 0.3 is 0 Å². The average Bonchev–Trinajstić information content (AvgIpc) is 3.06. The van der Waals surface area contributed by atoms with Gasteiger partial charge in [0.05, 0.1) is 6.04 Å². The zero-order chi connectivity index (χ0) is 18.7. The van der Waals surface area contributed by atoms with Crippen molar-refractivity contribution in [3.63, 3.8) is 0 Å². The molecule has 1 aliphatic rings. The Bertz CT molecular complexity index is 365. The molecule has 26 heavy (non-hydrogen) atoms. The summed E-state index contributed by atoms with van der Waals surface area (Å²) in [5, 5.41) is 8.72. The second-order valence-corrected chi connectivity index (χ2v) is 7.80. The van der Waals surface area contributed by atoms with E-state index in [4.69, 9.17) is 9.84 Å². The Balaban J connectivity index is 1.72. The third-order valence-electron chi connectivity index (χ3n) is 5.06. The number of ether oxygens (including phenoxy) is 1. The van der Waals surface area contributed by atoms with Crippen molar-refractivity contribution in [2.24, 2.45) is 4.99 Å². The Kier molecular flexibility index (Phi) is 15.7. The first-order valence-electron chi connectivity index (χ1n) is 11.3. The summed E-state index contributed by atoms with van der Waals surface area (Å²) < 4.78 is 5.53. The quantitative estimate of drug-likeness (QED) is 0.220. The summed E-state index contributed by atoms with van der Waals surface area (Å²) >= 11 is 0. The maximum absolute atomic E-state index is 8.72. The van der Waals surface area contributed by atoms with Crippen LogP contribution in [0.25, 0.3) is 0 Å². The van der Waals surface area contributed by atoms with Crippen molar-refractivity contribution in [3.05, 3.63) is 12.2 Å². The maximum Gasteiger partial charge on any atom is 0.183 e. The van der Waals surface area contributed by atoms with Crippen LogP contribution >= 0.6 is 0 Å². The van der Waals surface area contributed by atoms with E-state index in [0.29, 0.717) is 12.6 Å². The van der Waals surface area contributed by atoms with Crippen LogP contribution < -0.4 is 0 Å². The lowest BCUT2D eigenvalue weighted by molar-refractivity contribution is 0.282. The minimum absolute atomic E-state index is 0.357. The third kappa shape index (κ3) is 14.4. The molecule has 0 amide bonds. The Morgan fingerprint density at radius 2 is 1.31 bits per heavy atom. The van der Waals surface area contributed by atoms with Gasteiger partial charge in [-0.3, -0.25) is 0 Å². The third-order valence-corrected chi connectivity index (χ3v) is 5.06. The molecule has 0 bridgehead atoms. The SMILES string of the molecule is CC1COC(CCCCCCCC/C=C\CCCCCCCCCO)=N1. The zero-order valence-corrected chi connectivity index (χ0v) is 17.3. The Morgan fingerprint density at radius 3 is 1.81 bits per heavy atom. The highest BCUT2D eigenvalue weighted by Crippen LogP contribution is 2.13. The molecule has 0 aromatic rings. The molecular weight excluding hydrogens is 322 g/mol. The van der Waals surface area contributed by atoms with E-state index in [-0.39, 0.29) is 0 Å². The fourth-order valence-electron chi connectivity index (χ4n) is 3.41. The van der Waals surface area contributed by atoms with Gasteiger partial charge in [-0.1, -0.05) is 69.9 Å². The standard InChI is InChI=1S/C23H43NO2/c1-22-21-26-23(24-22)19-17-15-13-11-9-7-5-3-2-4-6-8-10-12-14-16-18-20-25/h2-3,22,25H,4-21H2,1H3/b3-2-. The van der Waals surface area contributed by atoms with Crippen LogP contribution in [0.2, 0.25) is 0 Å². The van der Waals surface area contributed by atoms with Gasteiger partial charge in [0.1, 0.15) is 6.61 Å². The normalized spacial score (nSPS) is 17.0. The van der Waals surface area contributed by atoms with Crippen LogP contribution in [0.15, 0.2) is 17.1 Å². The molecular formula is C23H43NO2. The second kappa shape index (κ2) is 17.6. The molecule has 1 rings (SSSR count). The predicted octanol–water partition coefficient (Wildman–Crippen LogP) is 6.59. The summed E-state index contributed by atoms with van der Waals surface area (Å²) in [5.74, 6) is 0.990. The first-order chi connectivity index (χ1) is 12.8. The summed E-state index contributed by atoms with van der Waals surface area (Å²) in [4.78, 5) is 4.48. The van der Waals surface area contributed by atoms with Crippen LogP contribution in [-0.2, 0) is 4.74 Å². The highest BCUT2D eigenvalue weighted by molar-refractivity contribution is 5.77. The van der Waals surface area contributed by atoms with Crippen molar-refractivity contribution in [1.29, 1.82) is 0 Å². The number of aliphatic hydroxyl groups is 1. The fraction of sp³-hybridized carbons (Fsp3) is 0.870. The number of aliphatic imine (C=N–C) groups is 1. The molecule has 1 unspecified atom stereocenters. The fourth-order valence-corrected chi connectivity index (χ4v) is 3.41. The van der Waals surface area contributed by atoms with Gasteiger partial charge in [0.15, 0.2) is 5.90 Å². The summed E-state index contributed by atoms with van der Waals surface area (Å²) in [6.07, 6.45) is 25.1. The molecule has 0 radical (unpaired) electrons. The number of aliphatic hydroxyl groups excluding tert-OH is 1. The van der Waals surface area contributed by atoms with Gasteiger partial charge in [0.25, 0.3) is 0 Å². The van der Waals surface area contributed by atoms with Crippen LogP contribution in [0.1, 0.15) is 110 Å². The molecule has 0 spiro atoms. The van der Waals surface area contributed by atoms with Crippen LogP contribution in [0, 0.1) is 0 Å². The van der Waals surface area contributed by atoms with Crippen LogP contribution in [0.3, 0.4) is 0 Å². The maximum atomic E-state index is 8.72. The van der Waals surface area contributed by atoms with E-state index in [9.17, 15) is 0 Å². The molecule has 1 aliphatic heterocycles. The predicted molar refractivity (Wildman–Crippen MR) is 113 cm³/mol. The molecule has 0 aromatic carbocycles. The molecule has 3 heteroatoms. The van der Waals surface area contributed by atoms with Crippen molar-refractivity contribution in [1.82, 2.24) is 0 Å². The smallest absolute Gasteiger partial charge is 0.183 e. The average molecular weight is 366 g/mol. The van der Waals surface area contributed by atoms with E-state index >= 15 is 0 Å². The molecule has 0 saturated carbocycles. The lowest BCUT2D eigenvalue weighted by atomic mass is 10.1. The van der Waals surface area contributed by atoms with Crippen LogP contribution in [0.5, 0.6) is 0 Å². The summed E-state index contributed by atoms with van der Waals surface area (Å²) in [6, 6.07) is 0.375. The second-order valence-electron chi connectivity index (χ2n) is 7.80. The van der Waals surface area contributed by atoms with Crippen molar-refractivity contribution >= 4 is 5.90 Å². The molecule has 0 saturated heterocycles. The van der Waals surface area contributed by atoms with Crippen molar-refractivity contribution in [2.45, 2.75) is 116 Å². The lowest BCUT2D eigenvalue weighted by Crippen LogP contribution is -2.00. The number of rotatable bonds is 18. The Labute approximate surface area is 162 Å². The molecule has 1 N–H and O–H groups in total. The van der Waals surface area contributed by atoms with E-state index < -0.39 is 0 Å². The van der Waals surface area contributed by atoms with E-state index in [0.717, 1.165) is 25.3 Å². The van der Waals surface area contributed by atoms with E-state index in [1.165, 1.54) is 89.9 Å². The molecule has 3 nitrogen and oxygen atoms in total. The van der Waals surface area contributed by atoms with Gasteiger partial charge in [-0.05, 0) is 45.4 Å². The molecule has 0 aromatic heterocycles. The first kappa shape index (κ1) is 23.2. The molecule has 1 atom stereocenters. The Hall–Kier alpha value is -0.830. The highest BCUT2D eigenvalue weighted by Gasteiger charge is 2.12. The number of nitrogens with zero attached hydrogens (tertiary/aromatic N) is 1. The molecule has 0 fully saturated rings. The van der Waals surface area contributed by atoms with E-state index in [2.05, 4.69) is 24.1 Å². The van der Waals surface area contributed by atoms with Gasteiger partial charge < -0.3 is 9.84 Å². The minimum Gasteiger partial charge on any atom is -0.479 e. The minimum atomic E-state index is 0.357. The number of unbranched alkanes of at least 4 members (excludes halogenated alkanes) is 13. The van der Waals surface area contributed by atoms with Gasteiger partial charge in [0, 0.05) is 13.0 Å². The Morgan fingerprint density at radius 1 is 0.808 bits per heavy atom. The molecule has 0 aliphatic carbocycles. The van der Waals surface area contributed by atoms with Gasteiger partial charge in [-0.25, -0.2) is 4.99 Å². The first-order valence-corrected chi connectivity index (χ1v) is 11.3. The number of hydrogen-bond acceptors (Lipinski definition) is 3. The summed E-state index contributed by atoms with van der Waals surface area (Å²) in [6.45, 7) is 3.26. The van der Waals surface area contributed by atoms with Crippen molar-refractivity contribution in [3.8, 4) is 0 Å². The van der Waals surface area contributed by atoms with Gasteiger partial charge in [0.2, 0.25) is 0 Å². The topological polar surface area (TPSA) is 41.8 Å². The zero-order valence-electron chi connectivity index (χ0n) is 17.3. The highest BCUT2D eigenvalue weighted by atomic mass is 16.5. The van der Waals surface area contributed by atoms with E-state index in [1.54, 1.807) is 0 Å². The summed E-state index contributed by atoms with van der Waals surface area (Å²) in [7, 11) is 0. The van der Waals surface area contributed by atoms with Gasteiger partial charge in [-0.15, -0.1) is 0 Å². The van der Waals surface area contributed by atoms with E-state index in [1.807, 2.05) is 0 Å². The van der Waals surface area contributed by atoms with Crippen LogP contribution in [0.4, 0.5) is 0 Å². The molecule has 152 valence electrons. The number of allylic oxidation sites excluding steroid dienone is 2. The summed E-state index contributed by atoms with van der Waals surface area (Å²) in [5.41, 5.74) is 0. The number of hydrogen-bond donors (Lipinski definition) is 1. The van der Waals surface area contributed by atoms with Crippen LogP contribution in [-0.4, -0.2) is 30.3 Å². The molecule has 1 heterocycles.